The zero-order chi connectivity index (χ0) is 13.2. The Balaban J connectivity index is 2.61. The van der Waals surface area contributed by atoms with E-state index >= 15 is 0 Å². The summed E-state index contributed by atoms with van der Waals surface area (Å²) in [4.78, 5) is 0. The van der Waals surface area contributed by atoms with Gasteiger partial charge < -0.3 is 4.74 Å². The molecule has 0 spiro atoms. The molecule has 0 amide bonds. The Morgan fingerprint density at radius 3 is 2.61 bits per heavy atom. The van der Waals surface area contributed by atoms with Crippen LogP contribution in [0.4, 0.5) is 0 Å². The van der Waals surface area contributed by atoms with Crippen molar-refractivity contribution in [1.82, 2.24) is 0 Å². The fourth-order valence-electron chi connectivity index (χ4n) is 1.60. The smallest absolute Gasteiger partial charge is 0.122 e. The fourth-order valence-corrected chi connectivity index (χ4v) is 1.79. The van der Waals surface area contributed by atoms with Gasteiger partial charge in [-0.2, -0.15) is 0 Å². The normalized spacial score (nSPS) is 9.72. The van der Waals surface area contributed by atoms with E-state index in [0.29, 0.717) is 0 Å². The van der Waals surface area contributed by atoms with Gasteiger partial charge in [0.25, 0.3) is 0 Å². The zero-order valence-electron chi connectivity index (χ0n) is 11.3. The second kappa shape index (κ2) is 8.89. The van der Waals surface area contributed by atoms with E-state index in [9.17, 15) is 0 Å². The highest BCUT2D eigenvalue weighted by Crippen LogP contribution is 2.24. The summed E-state index contributed by atoms with van der Waals surface area (Å²) in [7, 11) is 0. The molecule has 0 aliphatic carbocycles. The number of benzene rings is 1. The monoisotopic (exact) mass is 264 g/mol. The van der Waals surface area contributed by atoms with Crippen molar-refractivity contribution >= 4 is 11.6 Å². The van der Waals surface area contributed by atoms with Crippen LogP contribution in [0.15, 0.2) is 18.2 Å². The lowest BCUT2D eigenvalue weighted by Crippen LogP contribution is -1.99. The number of hydrogen-bond acceptors (Lipinski definition) is 1. The van der Waals surface area contributed by atoms with Gasteiger partial charge in [-0.3, -0.25) is 0 Å². The van der Waals surface area contributed by atoms with Crippen molar-refractivity contribution in [1.29, 1.82) is 0 Å². The predicted octanol–water partition coefficient (Wildman–Crippen LogP) is 4.86. The van der Waals surface area contributed by atoms with Gasteiger partial charge in [-0.15, -0.1) is 11.8 Å². The summed E-state index contributed by atoms with van der Waals surface area (Å²) in [5.41, 5.74) is 1.15. The number of rotatable bonds is 6. The molecule has 0 N–H and O–H groups in total. The third-order valence-electron chi connectivity index (χ3n) is 2.50. The minimum absolute atomic E-state index is 0.746. The van der Waals surface area contributed by atoms with Crippen molar-refractivity contribution in [2.24, 2.45) is 0 Å². The molecule has 0 fully saturated rings. The number of hydrogen-bond donors (Lipinski definition) is 0. The van der Waals surface area contributed by atoms with Crippen LogP contribution >= 0.6 is 11.6 Å². The molecule has 0 aliphatic heterocycles. The van der Waals surface area contributed by atoms with Gasteiger partial charge in [-0.05, 0) is 43.0 Å². The first-order valence-electron chi connectivity index (χ1n) is 6.64. The number of unbranched alkanes of at least 4 members (excludes halogenated alkanes) is 1. The summed E-state index contributed by atoms with van der Waals surface area (Å²) in [6.07, 6.45) is 4.88. The first-order valence-corrected chi connectivity index (χ1v) is 7.02. The molecular weight excluding hydrogens is 244 g/mol. The van der Waals surface area contributed by atoms with Crippen LogP contribution in [0, 0.1) is 11.8 Å². The molecule has 0 atom stereocenters. The van der Waals surface area contributed by atoms with Crippen molar-refractivity contribution in [3.05, 3.63) is 28.8 Å². The van der Waals surface area contributed by atoms with Crippen LogP contribution in [0.1, 0.15) is 45.1 Å². The Labute approximate surface area is 115 Å². The van der Waals surface area contributed by atoms with Crippen molar-refractivity contribution in [2.75, 3.05) is 6.61 Å². The van der Waals surface area contributed by atoms with Crippen molar-refractivity contribution in [3.8, 4) is 17.6 Å². The predicted molar refractivity (Wildman–Crippen MR) is 78.2 cm³/mol. The molecule has 1 rings (SSSR count). The molecule has 2 heteroatoms. The lowest BCUT2D eigenvalue weighted by Gasteiger charge is -2.10. The first kappa shape index (κ1) is 14.9. The Bertz CT molecular complexity index is 415. The van der Waals surface area contributed by atoms with Gasteiger partial charge in [0, 0.05) is 17.9 Å². The fraction of sp³-hybridized carbons (Fsp3) is 0.500. The topological polar surface area (TPSA) is 9.23 Å². The van der Waals surface area contributed by atoms with Crippen LogP contribution in [0.25, 0.3) is 0 Å². The van der Waals surface area contributed by atoms with Gasteiger partial charge in [-0.25, -0.2) is 0 Å². The van der Waals surface area contributed by atoms with Crippen molar-refractivity contribution in [2.45, 2.75) is 46.0 Å². The highest BCUT2D eigenvalue weighted by Gasteiger charge is 2.03. The van der Waals surface area contributed by atoms with Gasteiger partial charge in [0.2, 0.25) is 0 Å². The van der Waals surface area contributed by atoms with E-state index in [1.807, 2.05) is 18.2 Å². The number of halogens is 1. The van der Waals surface area contributed by atoms with Crippen LogP contribution in [0.5, 0.6) is 5.75 Å². The van der Waals surface area contributed by atoms with Crippen LogP contribution in [0.2, 0.25) is 5.02 Å². The van der Waals surface area contributed by atoms with E-state index in [1.54, 1.807) is 0 Å². The van der Waals surface area contributed by atoms with Gasteiger partial charge >= 0.3 is 0 Å². The quantitative estimate of drug-likeness (QED) is 0.667. The molecule has 0 saturated heterocycles. The Hall–Kier alpha value is -1.13. The largest absolute Gasteiger partial charge is 0.493 e. The summed E-state index contributed by atoms with van der Waals surface area (Å²) in [5.74, 6) is 7.29. The number of aryl methyl sites for hydroxylation is 1. The van der Waals surface area contributed by atoms with Gasteiger partial charge in [0.1, 0.15) is 5.75 Å². The van der Waals surface area contributed by atoms with E-state index in [1.165, 1.54) is 0 Å². The molecule has 1 aromatic carbocycles. The highest BCUT2D eigenvalue weighted by atomic mass is 35.5. The van der Waals surface area contributed by atoms with E-state index in [2.05, 4.69) is 25.7 Å². The maximum Gasteiger partial charge on any atom is 0.122 e. The molecule has 1 aromatic rings. The highest BCUT2D eigenvalue weighted by molar-refractivity contribution is 6.30. The second-order valence-electron chi connectivity index (χ2n) is 4.20. The van der Waals surface area contributed by atoms with E-state index in [0.717, 1.165) is 55.0 Å². The molecule has 0 unspecified atom stereocenters. The zero-order valence-corrected chi connectivity index (χ0v) is 12.0. The minimum atomic E-state index is 0.746. The maximum atomic E-state index is 6.02. The average molecular weight is 265 g/mol. The van der Waals surface area contributed by atoms with E-state index in [4.69, 9.17) is 16.3 Å². The van der Waals surface area contributed by atoms with Gasteiger partial charge in [0.15, 0.2) is 0 Å². The van der Waals surface area contributed by atoms with Crippen LogP contribution < -0.4 is 4.74 Å². The van der Waals surface area contributed by atoms with Crippen LogP contribution in [0.3, 0.4) is 0 Å². The summed E-state index contributed by atoms with van der Waals surface area (Å²) in [6, 6.07) is 5.81. The minimum Gasteiger partial charge on any atom is -0.493 e. The van der Waals surface area contributed by atoms with E-state index in [-0.39, 0.29) is 0 Å². The molecule has 0 saturated carbocycles. The summed E-state index contributed by atoms with van der Waals surface area (Å²) < 4.78 is 5.71. The summed E-state index contributed by atoms with van der Waals surface area (Å²) >= 11 is 6.02. The summed E-state index contributed by atoms with van der Waals surface area (Å²) in [6.45, 7) is 4.99. The Morgan fingerprint density at radius 1 is 1.11 bits per heavy atom. The lowest BCUT2D eigenvalue weighted by atomic mass is 10.1. The molecule has 0 heterocycles. The Kier molecular flexibility index (Phi) is 7.37. The molecular formula is C16H21ClO. The molecule has 18 heavy (non-hydrogen) atoms. The van der Waals surface area contributed by atoms with Gasteiger partial charge in [0.05, 0.1) is 6.61 Å². The van der Waals surface area contributed by atoms with Crippen molar-refractivity contribution in [3.63, 3.8) is 0 Å². The molecule has 98 valence electrons. The van der Waals surface area contributed by atoms with Gasteiger partial charge in [-0.1, -0.05) is 25.4 Å². The summed E-state index contributed by atoms with van der Waals surface area (Å²) in [5, 5.41) is 0.760. The third-order valence-corrected chi connectivity index (χ3v) is 2.74. The standard InChI is InChI=1S/C16H21ClO/c1-3-5-6-7-8-9-14-13-15(17)10-11-16(14)18-12-4-2/h10-11,13H,3-5,8-9,12H2,1-2H3. The van der Waals surface area contributed by atoms with E-state index < -0.39 is 0 Å². The SMILES string of the molecule is CCCC#CCCc1cc(Cl)ccc1OCCC. The van der Waals surface area contributed by atoms with Crippen LogP contribution in [-0.2, 0) is 6.42 Å². The lowest BCUT2D eigenvalue weighted by molar-refractivity contribution is 0.314. The van der Waals surface area contributed by atoms with Crippen LogP contribution in [-0.4, -0.2) is 6.61 Å². The second-order valence-corrected chi connectivity index (χ2v) is 4.64. The average Bonchev–Trinajstić information content (AvgIpc) is 2.37. The number of ether oxygens (including phenoxy) is 1. The molecule has 0 aliphatic rings. The molecule has 0 aromatic heterocycles. The molecule has 0 bridgehead atoms. The third kappa shape index (κ3) is 5.47. The first-order chi connectivity index (χ1) is 8.77. The molecule has 0 radical (unpaired) electrons. The Morgan fingerprint density at radius 2 is 1.89 bits per heavy atom. The maximum absolute atomic E-state index is 6.02. The van der Waals surface area contributed by atoms with Crippen molar-refractivity contribution < 1.29 is 4.74 Å². The molecule has 1 nitrogen and oxygen atoms in total.